The van der Waals surface area contributed by atoms with E-state index in [4.69, 9.17) is 23.1 Å². The summed E-state index contributed by atoms with van der Waals surface area (Å²) >= 11 is 5.72. The zero-order valence-electron chi connectivity index (χ0n) is 10.2. The van der Waals surface area contributed by atoms with Crippen LogP contribution >= 0.6 is 11.6 Å². The van der Waals surface area contributed by atoms with Crippen LogP contribution in [0.5, 0.6) is 0 Å². The number of hydrogen-bond acceptors (Lipinski definition) is 4. The minimum Gasteiger partial charge on any atom is -0.398 e. The molecule has 0 radical (unpaired) electrons. The molecular formula is C13H11ClN2O3S. The van der Waals surface area contributed by atoms with Crippen molar-refractivity contribution in [2.24, 2.45) is 5.73 Å². The van der Waals surface area contributed by atoms with Crippen molar-refractivity contribution in [1.82, 2.24) is 0 Å². The van der Waals surface area contributed by atoms with Crippen LogP contribution in [0.1, 0.15) is 10.4 Å². The van der Waals surface area contributed by atoms with Gasteiger partial charge in [0.05, 0.1) is 15.5 Å². The summed E-state index contributed by atoms with van der Waals surface area (Å²) in [6.45, 7) is 0. The summed E-state index contributed by atoms with van der Waals surface area (Å²) in [5.41, 5.74) is 10.9. The molecule has 0 aliphatic carbocycles. The number of carbonyl (C=O) groups excluding carboxylic acids is 1. The smallest absolute Gasteiger partial charge is 0.248 e. The standard InChI is InChI=1S/C13H11ClN2O3S/c14-9-2-4-10(5-3-9)20(18,19)12-6-1-8(13(16)17)7-11(12)15/h1-7H,15H2,(H2,16,17). The van der Waals surface area contributed by atoms with Crippen molar-refractivity contribution in [3.63, 3.8) is 0 Å². The van der Waals surface area contributed by atoms with Crippen molar-refractivity contribution in [1.29, 1.82) is 0 Å². The number of rotatable bonds is 3. The van der Waals surface area contributed by atoms with Gasteiger partial charge >= 0.3 is 0 Å². The van der Waals surface area contributed by atoms with Crippen molar-refractivity contribution in [2.45, 2.75) is 9.79 Å². The van der Waals surface area contributed by atoms with Crippen LogP contribution in [0.15, 0.2) is 52.3 Å². The quantitative estimate of drug-likeness (QED) is 0.844. The van der Waals surface area contributed by atoms with E-state index in [0.717, 1.165) is 0 Å². The maximum Gasteiger partial charge on any atom is 0.248 e. The number of amides is 1. The molecule has 5 nitrogen and oxygen atoms in total. The first kappa shape index (κ1) is 14.4. The van der Waals surface area contributed by atoms with Gasteiger partial charge in [0.15, 0.2) is 0 Å². The monoisotopic (exact) mass is 310 g/mol. The van der Waals surface area contributed by atoms with E-state index >= 15 is 0 Å². The summed E-state index contributed by atoms with van der Waals surface area (Å²) in [6, 6.07) is 9.55. The number of carbonyl (C=O) groups is 1. The summed E-state index contributed by atoms with van der Waals surface area (Å²) in [5.74, 6) is -0.674. The Labute approximate surface area is 121 Å². The highest BCUT2D eigenvalue weighted by atomic mass is 35.5. The number of benzene rings is 2. The molecule has 0 aliphatic rings. The summed E-state index contributed by atoms with van der Waals surface area (Å²) in [4.78, 5) is 11.0. The van der Waals surface area contributed by atoms with Crippen molar-refractivity contribution >= 4 is 33.0 Å². The zero-order chi connectivity index (χ0) is 14.9. The van der Waals surface area contributed by atoms with E-state index in [1.165, 1.54) is 42.5 Å². The molecule has 0 bridgehead atoms. The molecule has 7 heteroatoms. The van der Waals surface area contributed by atoms with Gasteiger partial charge < -0.3 is 11.5 Å². The Balaban J connectivity index is 2.55. The number of primary amides is 1. The molecule has 2 aromatic rings. The van der Waals surface area contributed by atoms with Gasteiger partial charge in [-0.2, -0.15) is 0 Å². The number of anilines is 1. The van der Waals surface area contributed by atoms with E-state index in [1.54, 1.807) is 0 Å². The second kappa shape index (κ2) is 5.15. The van der Waals surface area contributed by atoms with Crippen LogP contribution in [-0.4, -0.2) is 14.3 Å². The SMILES string of the molecule is NC(=O)c1ccc(S(=O)(=O)c2ccc(Cl)cc2)c(N)c1. The van der Waals surface area contributed by atoms with E-state index in [1.807, 2.05) is 0 Å². The van der Waals surface area contributed by atoms with E-state index in [9.17, 15) is 13.2 Å². The highest BCUT2D eigenvalue weighted by Crippen LogP contribution is 2.27. The van der Waals surface area contributed by atoms with Crippen molar-refractivity contribution in [2.75, 3.05) is 5.73 Å². The molecule has 104 valence electrons. The summed E-state index contributed by atoms with van der Waals surface area (Å²) in [7, 11) is -3.76. The Bertz CT molecular complexity index is 771. The van der Waals surface area contributed by atoms with Gasteiger partial charge in [0, 0.05) is 10.6 Å². The lowest BCUT2D eigenvalue weighted by Gasteiger charge is -2.08. The average molecular weight is 311 g/mol. The molecule has 0 heterocycles. The number of nitrogens with two attached hydrogens (primary N) is 2. The lowest BCUT2D eigenvalue weighted by molar-refractivity contribution is 0.1000. The van der Waals surface area contributed by atoms with Crippen LogP contribution < -0.4 is 11.5 Å². The molecule has 2 rings (SSSR count). The van der Waals surface area contributed by atoms with Crippen molar-refractivity contribution < 1.29 is 13.2 Å². The minimum atomic E-state index is -3.76. The molecule has 0 aromatic heterocycles. The van der Waals surface area contributed by atoms with Crippen LogP contribution in [0.4, 0.5) is 5.69 Å². The maximum atomic E-state index is 12.4. The number of halogens is 1. The number of nitrogen functional groups attached to an aromatic ring is 1. The Morgan fingerprint density at radius 3 is 2.15 bits per heavy atom. The highest BCUT2D eigenvalue weighted by molar-refractivity contribution is 7.91. The van der Waals surface area contributed by atoms with Gasteiger partial charge in [0.25, 0.3) is 0 Å². The fraction of sp³-hybridized carbons (Fsp3) is 0. The fourth-order valence-electron chi connectivity index (χ4n) is 1.69. The van der Waals surface area contributed by atoms with Crippen LogP contribution in [-0.2, 0) is 9.84 Å². The molecule has 2 aromatic carbocycles. The number of hydrogen-bond donors (Lipinski definition) is 2. The van der Waals surface area contributed by atoms with Gasteiger partial charge in [0.2, 0.25) is 15.7 Å². The molecule has 0 saturated heterocycles. The lowest BCUT2D eigenvalue weighted by atomic mass is 10.2. The summed E-state index contributed by atoms with van der Waals surface area (Å²) < 4.78 is 24.8. The summed E-state index contributed by atoms with van der Waals surface area (Å²) in [6.07, 6.45) is 0. The van der Waals surface area contributed by atoms with Gasteiger partial charge in [-0.1, -0.05) is 11.6 Å². The second-order valence-corrected chi connectivity index (χ2v) is 6.43. The van der Waals surface area contributed by atoms with Crippen LogP contribution in [0, 0.1) is 0 Å². The highest BCUT2D eigenvalue weighted by Gasteiger charge is 2.21. The zero-order valence-corrected chi connectivity index (χ0v) is 11.8. The molecular weight excluding hydrogens is 300 g/mol. The van der Waals surface area contributed by atoms with Crippen molar-refractivity contribution in [3.8, 4) is 0 Å². The molecule has 0 saturated carbocycles. The summed E-state index contributed by atoms with van der Waals surface area (Å²) in [5, 5.41) is 0.431. The van der Waals surface area contributed by atoms with Gasteiger partial charge in [-0.3, -0.25) is 4.79 Å². The third-order valence-electron chi connectivity index (χ3n) is 2.71. The first-order chi connectivity index (χ1) is 9.32. The Hall–Kier alpha value is -2.05. The Morgan fingerprint density at radius 1 is 1.05 bits per heavy atom. The lowest BCUT2D eigenvalue weighted by Crippen LogP contribution is -2.13. The molecule has 4 N–H and O–H groups in total. The predicted octanol–water partition coefficient (Wildman–Crippen LogP) is 1.85. The third-order valence-corrected chi connectivity index (χ3v) is 4.80. The molecule has 0 spiro atoms. The van der Waals surface area contributed by atoms with Gasteiger partial charge in [-0.15, -0.1) is 0 Å². The largest absolute Gasteiger partial charge is 0.398 e. The van der Waals surface area contributed by atoms with Gasteiger partial charge in [0.1, 0.15) is 0 Å². The van der Waals surface area contributed by atoms with Gasteiger partial charge in [-0.05, 0) is 42.5 Å². The molecule has 0 fully saturated rings. The average Bonchev–Trinajstić information content (AvgIpc) is 2.38. The Morgan fingerprint density at radius 2 is 1.65 bits per heavy atom. The molecule has 0 atom stereocenters. The van der Waals surface area contributed by atoms with Crippen LogP contribution in [0.3, 0.4) is 0 Å². The Kier molecular flexibility index (Phi) is 3.69. The molecule has 0 unspecified atom stereocenters. The van der Waals surface area contributed by atoms with Crippen LogP contribution in [0.25, 0.3) is 0 Å². The van der Waals surface area contributed by atoms with Gasteiger partial charge in [-0.25, -0.2) is 8.42 Å². The molecule has 1 amide bonds. The fourth-order valence-corrected chi connectivity index (χ4v) is 3.18. The van der Waals surface area contributed by atoms with E-state index in [-0.39, 0.29) is 21.0 Å². The first-order valence-electron chi connectivity index (χ1n) is 5.52. The first-order valence-corrected chi connectivity index (χ1v) is 7.38. The second-order valence-electron chi connectivity index (χ2n) is 4.07. The van der Waals surface area contributed by atoms with Crippen molar-refractivity contribution in [3.05, 3.63) is 53.1 Å². The van der Waals surface area contributed by atoms with Crippen LogP contribution in [0.2, 0.25) is 5.02 Å². The van der Waals surface area contributed by atoms with E-state index in [0.29, 0.717) is 5.02 Å². The maximum absolute atomic E-state index is 12.4. The topological polar surface area (TPSA) is 103 Å². The predicted molar refractivity (Wildman–Crippen MR) is 76.3 cm³/mol. The molecule has 20 heavy (non-hydrogen) atoms. The molecule has 0 aliphatic heterocycles. The minimum absolute atomic E-state index is 0.0312. The normalized spacial score (nSPS) is 11.2. The van der Waals surface area contributed by atoms with E-state index < -0.39 is 15.7 Å². The number of sulfone groups is 1. The third kappa shape index (κ3) is 2.61. The van der Waals surface area contributed by atoms with E-state index in [2.05, 4.69) is 0 Å².